The highest BCUT2D eigenvalue weighted by Gasteiger charge is 2.15. The predicted octanol–water partition coefficient (Wildman–Crippen LogP) is 4.43. The number of esters is 1. The largest absolute Gasteiger partial charge is 0.496 e. The summed E-state index contributed by atoms with van der Waals surface area (Å²) in [7, 11) is 1.66. The van der Waals surface area contributed by atoms with Crippen molar-refractivity contribution in [2.24, 2.45) is 0 Å². The highest BCUT2D eigenvalue weighted by Crippen LogP contribution is 2.28. The van der Waals surface area contributed by atoms with E-state index in [1.165, 1.54) is 11.8 Å². The van der Waals surface area contributed by atoms with E-state index in [0.717, 1.165) is 22.8 Å². The van der Waals surface area contributed by atoms with Crippen LogP contribution in [0.3, 0.4) is 0 Å². The van der Waals surface area contributed by atoms with Gasteiger partial charge < -0.3 is 9.47 Å². The monoisotopic (exact) mass is 357 g/mol. The van der Waals surface area contributed by atoms with Crippen molar-refractivity contribution in [3.05, 3.63) is 66.5 Å². The lowest BCUT2D eigenvalue weighted by Crippen LogP contribution is -2.15. The third-order valence-corrected chi connectivity index (χ3v) is 4.72. The van der Waals surface area contributed by atoms with E-state index >= 15 is 0 Å². The van der Waals surface area contributed by atoms with Crippen molar-refractivity contribution in [2.75, 3.05) is 7.11 Å². The molecule has 1 heterocycles. The molecule has 0 aliphatic rings. The number of thioether (sulfide) groups is 1. The van der Waals surface area contributed by atoms with E-state index in [1.54, 1.807) is 31.1 Å². The van der Waals surface area contributed by atoms with Gasteiger partial charge in [0.2, 0.25) is 0 Å². The molecule has 0 fully saturated rings. The number of hydrogen-bond donors (Lipinski definition) is 0. The van der Waals surface area contributed by atoms with Gasteiger partial charge in [0.05, 0.1) is 12.8 Å². The molecule has 4 nitrogen and oxygen atoms in total. The smallest absolute Gasteiger partial charge is 0.303 e. The Bertz CT molecular complexity index is 703. The topological polar surface area (TPSA) is 48.4 Å². The van der Waals surface area contributed by atoms with E-state index in [-0.39, 0.29) is 12.1 Å². The number of methoxy groups -OCH3 is 1. The molecule has 1 unspecified atom stereocenters. The second-order valence-corrected chi connectivity index (χ2v) is 6.51. The number of nitrogens with zero attached hydrogens (tertiary/aromatic N) is 1. The Hall–Kier alpha value is -2.27. The number of benzene rings is 1. The van der Waals surface area contributed by atoms with Crippen molar-refractivity contribution in [1.29, 1.82) is 0 Å². The van der Waals surface area contributed by atoms with E-state index in [2.05, 4.69) is 23.7 Å². The quantitative estimate of drug-likeness (QED) is 0.377. The highest BCUT2D eigenvalue weighted by molar-refractivity contribution is 7.98. The molecule has 0 aliphatic carbocycles. The number of ether oxygens (including phenoxy) is 2. The van der Waals surface area contributed by atoms with Crippen molar-refractivity contribution in [3.8, 4) is 5.75 Å². The summed E-state index contributed by atoms with van der Waals surface area (Å²) in [6, 6.07) is 12.1. The maximum Gasteiger partial charge on any atom is 0.303 e. The molecule has 0 aliphatic heterocycles. The molecule has 5 heteroatoms. The lowest BCUT2D eigenvalue weighted by molar-refractivity contribution is -0.144. The number of carbonyl (C=O) groups is 1. The normalized spacial score (nSPS) is 11.6. The molecule has 2 rings (SSSR count). The van der Waals surface area contributed by atoms with Gasteiger partial charge in [0.15, 0.2) is 0 Å². The molecule has 0 radical (unpaired) electrons. The van der Waals surface area contributed by atoms with E-state index in [4.69, 9.17) is 9.47 Å². The fourth-order valence-corrected chi connectivity index (χ4v) is 3.39. The van der Waals surface area contributed by atoms with Crippen molar-refractivity contribution < 1.29 is 14.3 Å². The van der Waals surface area contributed by atoms with Crippen molar-refractivity contribution >= 4 is 17.7 Å². The summed E-state index contributed by atoms with van der Waals surface area (Å²) >= 11 is 1.73. The number of rotatable bonds is 9. The van der Waals surface area contributed by atoms with Crippen LogP contribution in [0.25, 0.3) is 0 Å². The van der Waals surface area contributed by atoms with Crippen LogP contribution in [0.4, 0.5) is 0 Å². The number of carbonyl (C=O) groups excluding carboxylic acids is 1. The summed E-state index contributed by atoms with van der Waals surface area (Å²) in [5.41, 5.74) is 2.03. The Balaban J connectivity index is 2.11. The van der Waals surface area contributed by atoms with Gasteiger partial charge in [-0.25, -0.2) is 0 Å². The van der Waals surface area contributed by atoms with Crippen LogP contribution in [-0.2, 0) is 21.7 Å². The zero-order chi connectivity index (χ0) is 18.1. The lowest BCUT2D eigenvalue weighted by atomic mass is 10.0. The van der Waals surface area contributed by atoms with Gasteiger partial charge in [-0.15, -0.1) is 11.8 Å². The predicted molar refractivity (Wildman–Crippen MR) is 101 cm³/mol. The lowest BCUT2D eigenvalue weighted by Gasteiger charge is -2.16. The molecule has 0 bridgehead atoms. The van der Waals surface area contributed by atoms with Crippen LogP contribution in [0.5, 0.6) is 5.75 Å². The minimum atomic E-state index is -0.308. The number of pyridine rings is 1. The third-order valence-electron chi connectivity index (χ3n) is 3.70. The summed E-state index contributed by atoms with van der Waals surface area (Å²) in [5.74, 6) is 1.26. The first-order valence-corrected chi connectivity index (χ1v) is 9.11. The Kier molecular flexibility index (Phi) is 7.54. The van der Waals surface area contributed by atoms with Gasteiger partial charge in [0.25, 0.3) is 0 Å². The summed E-state index contributed by atoms with van der Waals surface area (Å²) in [4.78, 5) is 16.9. The summed E-state index contributed by atoms with van der Waals surface area (Å²) in [5, 5.41) is 0. The van der Waals surface area contributed by atoms with Gasteiger partial charge in [-0.1, -0.05) is 30.9 Å². The van der Waals surface area contributed by atoms with Crippen molar-refractivity contribution in [2.45, 2.75) is 36.5 Å². The SMILES string of the molecule is C=CC(CCc1c(OC)ccnc1CSc1ccccc1)OC(C)=O. The molecular formula is C20H23NO3S. The molecule has 1 atom stereocenters. The average Bonchev–Trinajstić information content (AvgIpc) is 2.64. The summed E-state index contributed by atoms with van der Waals surface area (Å²) < 4.78 is 10.7. The van der Waals surface area contributed by atoms with Crippen LogP contribution in [0.1, 0.15) is 24.6 Å². The molecule has 132 valence electrons. The third kappa shape index (κ3) is 5.94. The Morgan fingerprint density at radius 1 is 1.32 bits per heavy atom. The van der Waals surface area contributed by atoms with Gasteiger partial charge in [-0.05, 0) is 31.0 Å². The molecule has 0 N–H and O–H groups in total. The minimum absolute atomic E-state index is 0.303. The molecule has 0 saturated carbocycles. The average molecular weight is 357 g/mol. The zero-order valence-corrected chi connectivity index (χ0v) is 15.4. The Morgan fingerprint density at radius 3 is 2.72 bits per heavy atom. The standard InChI is InChI=1S/C20H23NO3S/c1-4-16(24-15(2)22)10-11-18-19(21-13-12-20(18)23-3)14-25-17-8-6-5-7-9-17/h4-9,12-13,16H,1,10-11,14H2,2-3H3. The zero-order valence-electron chi connectivity index (χ0n) is 14.6. The van der Waals surface area contributed by atoms with E-state index in [9.17, 15) is 4.79 Å². The fourth-order valence-electron chi connectivity index (χ4n) is 2.49. The van der Waals surface area contributed by atoms with E-state index < -0.39 is 0 Å². The number of hydrogen-bond acceptors (Lipinski definition) is 5. The molecule has 25 heavy (non-hydrogen) atoms. The van der Waals surface area contributed by atoms with Crippen LogP contribution >= 0.6 is 11.8 Å². The fraction of sp³-hybridized carbons (Fsp3) is 0.300. The first-order chi connectivity index (χ1) is 12.1. The van der Waals surface area contributed by atoms with Gasteiger partial charge in [0.1, 0.15) is 11.9 Å². The second-order valence-electron chi connectivity index (χ2n) is 5.46. The van der Waals surface area contributed by atoms with Gasteiger partial charge in [-0.3, -0.25) is 9.78 Å². The Morgan fingerprint density at radius 2 is 2.08 bits per heavy atom. The maximum absolute atomic E-state index is 11.2. The first-order valence-electron chi connectivity index (χ1n) is 8.12. The van der Waals surface area contributed by atoms with E-state index in [0.29, 0.717) is 12.8 Å². The summed E-state index contributed by atoms with van der Waals surface area (Å²) in [6.45, 7) is 5.14. The van der Waals surface area contributed by atoms with Gasteiger partial charge >= 0.3 is 5.97 Å². The molecule has 1 aromatic carbocycles. The van der Waals surface area contributed by atoms with Crippen LogP contribution in [0.15, 0.2) is 60.1 Å². The molecule has 1 aromatic heterocycles. The molecule has 0 amide bonds. The second kappa shape index (κ2) is 9.89. The Labute approximate surface area is 153 Å². The van der Waals surface area contributed by atoms with Crippen LogP contribution < -0.4 is 4.74 Å². The number of aromatic nitrogens is 1. The molecular weight excluding hydrogens is 334 g/mol. The van der Waals surface area contributed by atoms with Crippen LogP contribution in [-0.4, -0.2) is 24.2 Å². The molecule has 0 saturated heterocycles. The molecule has 0 spiro atoms. The minimum Gasteiger partial charge on any atom is -0.496 e. The first kappa shape index (κ1) is 19.1. The highest BCUT2D eigenvalue weighted by atomic mass is 32.2. The van der Waals surface area contributed by atoms with Gasteiger partial charge in [0, 0.05) is 29.3 Å². The van der Waals surface area contributed by atoms with Gasteiger partial charge in [-0.2, -0.15) is 0 Å². The van der Waals surface area contributed by atoms with Crippen LogP contribution in [0.2, 0.25) is 0 Å². The van der Waals surface area contributed by atoms with Crippen molar-refractivity contribution in [1.82, 2.24) is 4.98 Å². The van der Waals surface area contributed by atoms with Crippen molar-refractivity contribution in [3.63, 3.8) is 0 Å². The molecule has 2 aromatic rings. The van der Waals surface area contributed by atoms with Crippen LogP contribution in [0, 0.1) is 0 Å². The summed E-state index contributed by atoms with van der Waals surface area (Å²) in [6.07, 6.45) is 4.46. The van der Waals surface area contributed by atoms with E-state index in [1.807, 2.05) is 24.3 Å². The maximum atomic E-state index is 11.2.